The molecule has 1 unspecified atom stereocenters. The lowest BCUT2D eigenvalue weighted by atomic mass is 10.0. The second-order valence-electron chi connectivity index (χ2n) is 7.24. The highest BCUT2D eigenvalue weighted by Crippen LogP contribution is 2.31. The summed E-state index contributed by atoms with van der Waals surface area (Å²) in [5.41, 5.74) is 0.403. The number of likely N-dealkylation sites (tertiary alicyclic amines) is 1. The predicted octanol–water partition coefficient (Wildman–Crippen LogP) is -0.0224. The van der Waals surface area contributed by atoms with E-state index >= 15 is 0 Å². The molecule has 4 heterocycles. The van der Waals surface area contributed by atoms with Gasteiger partial charge in [0, 0.05) is 13.6 Å². The van der Waals surface area contributed by atoms with Crippen LogP contribution in [-0.4, -0.2) is 58.8 Å². The number of aromatic nitrogens is 6. The Morgan fingerprint density at radius 2 is 2.04 bits per heavy atom. The van der Waals surface area contributed by atoms with Crippen LogP contribution in [0.5, 0.6) is 0 Å². The van der Waals surface area contributed by atoms with Crippen LogP contribution in [0.4, 0.5) is 0 Å². The number of hydrogen-bond acceptors (Lipinski definition) is 6. The van der Waals surface area contributed by atoms with Crippen LogP contribution >= 0.6 is 0 Å². The number of amides is 1. The van der Waals surface area contributed by atoms with Gasteiger partial charge < -0.3 is 9.64 Å². The molecule has 1 saturated heterocycles. The number of carbonyl (C=O) groups excluding carboxylic acids is 1. The van der Waals surface area contributed by atoms with E-state index in [1.165, 1.54) is 4.68 Å². The van der Waals surface area contributed by atoms with Crippen molar-refractivity contribution in [2.24, 2.45) is 7.05 Å². The Bertz CT molecular complexity index is 1100. The quantitative estimate of drug-likeness (QED) is 0.618. The molecule has 0 bridgehead atoms. The summed E-state index contributed by atoms with van der Waals surface area (Å²) in [5, 5.41) is 12.3. The zero-order chi connectivity index (χ0) is 19.3. The number of hydrogen-bond donors (Lipinski definition) is 0. The zero-order valence-corrected chi connectivity index (χ0v) is 15.4. The topological polar surface area (TPSA) is 100 Å². The maximum Gasteiger partial charge on any atom is 0.345 e. The monoisotopic (exact) mass is 381 g/mol. The Morgan fingerprint density at radius 3 is 2.86 bits per heavy atom. The van der Waals surface area contributed by atoms with Gasteiger partial charge in [0.05, 0.1) is 25.0 Å². The van der Waals surface area contributed by atoms with Gasteiger partial charge >= 0.3 is 5.69 Å². The minimum Gasteiger partial charge on any atom is -0.363 e. The molecule has 1 fully saturated rings. The molecule has 1 spiro atoms. The first-order valence-electron chi connectivity index (χ1n) is 9.08. The normalized spacial score (nSPS) is 21.2. The molecular weight excluding hydrogens is 362 g/mol. The first-order chi connectivity index (χ1) is 13.5. The average Bonchev–Trinajstić information content (AvgIpc) is 3.43. The third kappa shape index (κ3) is 2.64. The smallest absolute Gasteiger partial charge is 0.345 e. The number of para-hydroxylation sites is 1. The summed E-state index contributed by atoms with van der Waals surface area (Å²) in [6.07, 6.45) is 2.29. The molecule has 0 aliphatic carbocycles. The van der Waals surface area contributed by atoms with Crippen molar-refractivity contribution < 1.29 is 9.53 Å². The van der Waals surface area contributed by atoms with E-state index in [4.69, 9.17) is 4.74 Å². The van der Waals surface area contributed by atoms with Crippen molar-refractivity contribution in [2.75, 3.05) is 13.1 Å². The van der Waals surface area contributed by atoms with Gasteiger partial charge in [0.1, 0.15) is 12.2 Å². The molecule has 2 aliphatic rings. The summed E-state index contributed by atoms with van der Waals surface area (Å²) in [5.74, 6) is 0.431. The van der Waals surface area contributed by atoms with Gasteiger partial charge in [0.25, 0.3) is 5.91 Å². The summed E-state index contributed by atoms with van der Waals surface area (Å²) >= 11 is 0. The second kappa shape index (κ2) is 6.13. The lowest BCUT2D eigenvalue weighted by Crippen LogP contribution is -2.47. The molecule has 1 aromatic carbocycles. The van der Waals surface area contributed by atoms with Gasteiger partial charge in [-0.15, -0.1) is 5.10 Å². The molecule has 0 radical (unpaired) electrons. The number of fused-ring (bicyclic) bond motifs is 1. The van der Waals surface area contributed by atoms with Crippen molar-refractivity contribution in [3.8, 4) is 5.69 Å². The van der Waals surface area contributed by atoms with E-state index in [2.05, 4.69) is 15.4 Å². The SMILES string of the molecule is Cn1nc2n(c1=O)CC1(CCN(C(=O)c3cn(-c4ccccc4)nn3)C1)OC2. The molecule has 2 aromatic heterocycles. The maximum atomic E-state index is 12.9. The molecule has 5 rings (SSSR count). The van der Waals surface area contributed by atoms with Crippen LogP contribution in [0.25, 0.3) is 5.69 Å². The van der Waals surface area contributed by atoms with Crippen LogP contribution in [0, 0.1) is 0 Å². The van der Waals surface area contributed by atoms with Crippen LogP contribution in [0.2, 0.25) is 0 Å². The summed E-state index contributed by atoms with van der Waals surface area (Å²) < 4.78 is 10.6. The van der Waals surface area contributed by atoms with Crippen molar-refractivity contribution in [2.45, 2.75) is 25.2 Å². The summed E-state index contributed by atoms with van der Waals surface area (Å²) in [7, 11) is 1.63. The van der Waals surface area contributed by atoms with E-state index in [1.54, 1.807) is 27.4 Å². The number of ether oxygens (including phenoxy) is 1. The molecule has 0 N–H and O–H groups in total. The highest BCUT2D eigenvalue weighted by atomic mass is 16.5. The van der Waals surface area contributed by atoms with Crippen LogP contribution in [0.3, 0.4) is 0 Å². The van der Waals surface area contributed by atoms with Gasteiger partial charge in [-0.05, 0) is 18.6 Å². The molecule has 2 aliphatic heterocycles. The van der Waals surface area contributed by atoms with Crippen molar-refractivity contribution in [1.82, 2.24) is 34.2 Å². The highest BCUT2D eigenvalue weighted by Gasteiger charge is 2.45. The van der Waals surface area contributed by atoms with Crippen LogP contribution in [0.15, 0.2) is 41.3 Å². The number of nitrogens with zero attached hydrogens (tertiary/aromatic N) is 7. The van der Waals surface area contributed by atoms with Gasteiger partial charge in [-0.1, -0.05) is 23.4 Å². The Morgan fingerprint density at radius 1 is 1.21 bits per heavy atom. The van der Waals surface area contributed by atoms with Crippen LogP contribution < -0.4 is 5.69 Å². The summed E-state index contributed by atoms with van der Waals surface area (Å²) in [4.78, 5) is 26.9. The molecule has 10 heteroatoms. The molecule has 3 aromatic rings. The van der Waals surface area contributed by atoms with Gasteiger partial charge in [-0.3, -0.25) is 9.36 Å². The number of aryl methyl sites for hydroxylation is 1. The fraction of sp³-hybridized carbons (Fsp3) is 0.389. The fourth-order valence-corrected chi connectivity index (χ4v) is 3.87. The van der Waals surface area contributed by atoms with E-state index in [-0.39, 0.29) is 23.9 Å². The largest absolute Gasteiger partial charge is 0.363 e. The van der Waals surface area contributed by atoms with Crippen LogP contribution in [0.1, 0.15) is 22.7 Å². The van der Waals surface area contributed by atoms with E-state index in [1.807, 2.05) is 30.3 Å². The van der Waals surface area contributed by atoms with Gasteiger partial charge in [-0.2, -0.15) is 5.10 Å². The lowest BCUT2D eigenvalue weighted by molar-refractivity contribution is -0.0816. The van der Waals surface area contributed by atoms with E-state index in [0.29, 0.717) is 31.9 Å². The minimum absolute atomic E-state index is 0.159. The number of carbonyl (C=O) groups is 1. The molecule has 1 atom stereocenters. The Hall–Kier alpha value is -3.27. The van der Waals surface area contributed by atoms with Crippen molar-refractivity contribution in [3.05, 3.63) is 58.5 Å². The first-order valence-corrected chi connectivity index (χ1v) is 9.08. The predicted molar refractivity (Wildman–Crippen MR) is 96.9 cm³/mol. The minimum atomic E-state index is -0.565. The molecule has 28 heavy (non-hydrogen) atoms. The summed E-state index contributed by atoms with van der Waals surface area (Å²) in [6.45, 7) is 1.62. The second-order valence-corrected chi connectivity index (χ2v) is 7.24. The van der Waals surface area contributed by atoms with Gasteiger partial charge in [-0.25, -0.2) is 14.2 Å². The van der Waals surface area contributed by atoms with Crippen molar-refractivity contribution >= 4 is 5.91 Å². The fourth-order valence-electron chi connectivity index (χ4n) is 3.87. The van der Waals surface area contributed by atoms with Crippen molar-refractivity contribution in [1.29, 1.82) is 0 Å². The zero-order valence-electron chi connectivity index (χ0n) is 15.4. The average molecular weight is 381 g/mol. The third-order valence-corrected chi connectivity index (χ3v) is 5.38. The highest BCUT2D eigenvalue weighted by molar-refractivity contribution is 5.92. The van der Waals surface area contributed by atoms with Crippen molar-refractivity contribution in [3.63, 3.8) is 0 Å². The first kappa shape index (κ1) is 16.9. The van der Waals surface area contributed by atoms with E-state index in [0.717, 1.165) is 5.69 Å². The Labute approximate surface area is 159 Å². The standard InChI is InChI=1S/C18H19N7O3/c1-22-17(27)24-12-18(28-10-15(24)20-22)7-8-23(11-18)16(26)14-9-25(21-19-14)13-5-3-2-4-6-13/h2-6,9H,7-8,10-12H2,1H3. The number of benzene rings is 1. The maximum absolute atomic E-state index is 12.9. The number of rotatable bonds is 2. The summed E-state index contributed by atoms with van der Waals surface area (Å²) in [6, 6.07) is 9.51. The Kier molecular flexibility index (Phi) is 3.69. The molecule has 10 nitrogen and oxygen atoms in total. The lowest BCUT2D eigenvalue weighted by Gasteiger charge is -2.33. The third-order valence-electron chi connectivity index (χ3n) is 5.38. The molecular formula is C18H19N7O3. The van der Waals surface area contributed by atoms with Gasteiger partial charge in [0.15, 0.2) is 11.5 Å². The van der Waals surface area contributed by atoms with E-state index in [9.17, 15) is 9.59 Å². The van der Waals surface area contributed by atoms with E-state index < -0.39 is 5.60 Å². The Balaban J connectivity index is 1.34. The van der Waals surface area contributed by atoms with Gasteiger partial charge in [0.2, 0.25) is 0 Å². The molecule has 0 saturated carbocycles. The molecule has 144 valence electrons. The molecule has 1 amide bonds. The van der Waals surface area contributed by atoms with Crippen LogP contribution in [-0.2, 0) is 24.9 Å².